The number of carbonyl (C=O) groups is 3. The molecule has 182 valence electrons. The van der Waals surface area contributed by atoms with Crippen molar-refractivity contribution in [1.29, 1.82) is 0 Å². The normalized spacial score (nSPS) is 13.9. The molecule has 0 aromatic heterocycles. The maximum atomic E-state index is 13.4. The molecule has 1 aliphatic rings. The van der Waals surface area contributed by atoms with Gasteiger partial charge in [-0.3, -0.25) is 0 Å². The summed E-state index contributed by atoms with van der Waals surface area (Å²) in [6.07, 6.45) is 3.63. The summed E-state index contributed by atoms with van der Waals surface area (Å²) in [5, 5.41) is 0. The molecule has 0 bridgehead atoms. The molecule has 1 atom stereocenters. The topological polar surface area (TPSA) is 78.9 Å². The molecule has 37 heavy (non-hydrogen) atoms. The summed E-state index contributed by atoms with van der Waals surface area (Å²) in [6.45, 7) is 0. The average molecular weight is 526 g/mol. The van der Waals surface area contributed by atoms with E-state index in [2.05, 4.69) is 0 Å². The Morgan fingerprint density at radius 2 is 0.892 bits per heavy atom. The van der Waals surface area contributed by atoms with Crippen molar-refractivity contribution >= 4 is 24.0 Å². The molecule has 0 saturated heterocycles. The van der Waals surface area contributed by atoms with Crippen LogP contribution in [0.2, 0.25) is 0 Å². The number of allylic oxidation sites excluding steroid dienone is 1. The Morgan fingerprint density at radius 3 is 1.32 bits per heavy atom. The third-order valence-electron chi connectivity index (χ3n) is 5.91. The number of hydrogen-bond donors (Lipinski definition) is 0. The van der Waals surface area contributed by atoms with Gasteiger partial charge in [-0.2, -0.15) is 0 Å². The monoisotopic (exact) mass is 526 g/mol. The van der Waals surface area contributed by atoms with Gasteiger partial charge < -0.3 is 0 Å². The Labute approximate surface area is 218 Å². The average Bonchev–Trinajstić information content (AvgIpc) is 3.39. The standard InChI is InChI=1S/C9H7.3C7H6O2.Ti/c1-2-5-9-7-3-6-8(9)4-1;3*8-7(9)6-4-2-1-3-5-6;/h1-7H;3*1-5H,(H,8,9);/q;;;;+3/p-3. The SMILES string of the molecule is O=C([O][Ti]([O]C(=O)c1ccccc1)([O]C(=O)c1ccccc1)[CH]1C=Cc2ccccc21)c1ccccc1. The molecule has 0 spiro atoms. The molecule has 0 radical (unpaired) electrons. The molecule has 0 amide bonds. The molecule has 1 unspecified atom stereocenters. The Hall–Kier alpha value is -4.26. The fourth-order valence-electron chi connectivity index (χ4n) is 4.10. The van der Waals surface area contributed by atoms with Gasteiger partial charge in [0.15, 0.2) is 0 Å². The van der Waals surface area contributed by atoms with Crippen molar-refractivity contribution in [2.45, 2.75) is 4.22 Å². The minimum absolute atomic E-state index is 0.249. The van der Waals surface area contributed by atoms with Crippen molar-refractivity contribution < 1.29 is 42.1 Å². The first kappa shape index (κ1) is 24.4. The number of benzene rings is 4. The van der Waals surface area contributed by atoms with Gasteiger partial charge in [0, 0.05) is 0 Å². The molecule has 4 aromatic carbocycles. The van der Waals surface area contributed by atoms with Crippen LogP contribution in [-0.2, 0) is 27.7 Å². The van der Waals surface area contributed by atoms with Crippen molar-refractivity contribution in [2.75, 3.05) is 0 Å². The first-order valence-corrected chi connectivity index (χ1v) is 14.5. The van der Waals surface area contributed by atoms with Crippen LogP contribution in [0.4, 0.5) is 0 Å². The molecule has 6 nitrogen and oxygen atoms in total. The van der Waals surface area contributed by atoms with Crippen LogP contribution in [0.1, 0.15) is 46.4 Å². The van der Waals surface area contributed by atoms with Crippen molar-refractivity contribution in [2.24, 2.45) is 0 Å². The van der Waals surface area contributed by atoms with Gasteiger partial charge in [0.25, 0.3) is 0 Å². The van der Waals surface area contributed by atoms with E-state index in [0.717, 1.165) is 11.1 Å². The van der Waals surface area contributed by atoms with Gasteiger partial charge in [0.05, 0.1) is 0 Å². The predicted molar refractivity (Wildman–Crippen MR) is 134 cm³/mol. The van der Waals surface area contributed by atoms with E-state index >= 15 is 0 Å². The molecule has 4 aromatic rings. The van der Waals surface area contributed by atoms with Crippen molar-refractivity contribution in [1.82, 2.24) is 0 Å². The molecular formula is C30H22O6Ti. The van der Waals surface area contributed by atoms with Crippen LogP contribution >= 0.6 is 0 Å². The van der Waals surface area contributed by atoms with E-state index in [1.807, 2.05) is 30.3 Å². The summed E-state index contributed by atoms with van der Waals surface area (Å²) in [4.78, 5) is 40.1. The van der Waals surface area contributed by atoms with Gasteiger partial charge in [0.2, 0.25) is 0 Å². The van der Waals surface area contributed by atoms with Gasteiger partial charge in [-0.1, -0.05) is 0 Å². The van der Waals surface area contributed by atoms with E-state index in [-0.39, 0.29) is 16.7 Å². The molecule has 0 saturated carbocycles. The van der Waals surface area contributed by atoms with Gasteiger partial charge in [-0.25, -0.2) is 0 Å². The van der Waals surface area contributed by atoms with E-state index < -0.39 is 39.9 Å². The summed E-state index contributed by atoms with van der Waals surface area (Å²) in [6, 6.07) is 32.5. The predicted octanol–water partition coefficient (Wildman–Crippen LogP) is 6.22. The Morgan fingerprint density at radius 1 is 0.514 bits per heavy atom. The number of rotatable bonds is 7. The minimum atomic E-state index is -5.20. The number of hydrogen-bond acceptors (Lipinski definition) is 6. The molecule has 1 aliphatic carbocycles. The number of carbonyl (C=O) groups excluding carboxylic acids is 3. The van der Waals surface area contributed by atoms with E-state index in [9.17, 15) is 14.4 Å². The van der Waals surface area contributed by atoms with Gasteiger partial charge in [0.1, 0.15) is 0 Å². The van der Waals surface area contributed by atoms with E-state index in [0.29, 0.717) is 0 Å². The summed E-state index contributed by atoms with van der Waals surface area (Å²) in [5.74, 6) is -2.21. The van der Waals surface area contributed by atoms with E-state index in [1.165, 1.54) is 0 Å². The molecule has 0 heterocycles. The quantitative estimate of drug-likeness (QED) is 0.266. The molecule has 0 fully saturated rings. The van der Waals surface area contributed by atoms with Crippen LogP contribution in [0, 0.1) is 0 Å². The third-order valence-corrected chi connectivity index (χ3v) is 10.1. The molecule has 5 rings (SSSR count). The van der Waals surface area contributed by atoms with Gasteiger partial charge in [-0.15, -0.1) is 0 Å². The second kappa shape index (κ2) is 10.8. The van der Waals surface area contributed by atoms with E-state index in [4.69, 9.17) is 9.96 Å². The van der Waals surface area contributed by atoms with Crippen molar-refractivity contribution in [3.05, 3.63) is 149 Å². The third kappa shape index (κ3) is 5.31. The molecule has 7 heteroatoms. The van der Waals surface area contributed by atoms with Crippen LogP contribution in [0.15, 0.2) is 121 Å². The number of fused-ring (bicyclic) bond motifs is 1. The zero-order valence-corrected chi connectivity index (χ0v) is 21.2. The molecule has 0 N–H and O–H groups in total. The van der Waals surface area contributed by atoms with Gasteiger partial charge >= 0.3 is 219 Å². The maximum absolute atomic E-state index is 13.4. The molecular weight excluding hydrogens is 504 g/mol. The Bertz CT molecular complexity index is 1320. The Balaban J connectivity index is 1.62. The zero-order chi connectivity index (χ0) is 25.7. The van der Waals surface area contributed by atoms with Crippen LogP contribution in [-0.4, -0.2) is 17.9 Å². The fourth-order valence-corrected chi connectivity index (χ4v) is 8.17. The van der Waals surface area contributed by atoms with Crippen LogP contribution in [0.25, 0.3) is 6.08 Å². The van der Waals surface area contributed by atoms with Crippen LogP contribution in [0.3, 0.4) is 0 Å². The van der Waals surface area contributed by atoms with E-state index in [1.54, 1.807) is 97.1 Å². The first-order chi connectivity index (χ1) is 18.1. The van der Waals surface area contributed by atoms with Crippen molar-refractivity contribution in [3.8, 4) is 0 Å². The summed E-state index contributed by atoms with van der Waals surface area (Å²) < 4.78 is 17.4. The van der Waals surface area contributed by atoms with Crippen LogP contribution < -0.4 is 0 Å². The zero-order valence-electron chi connectivity index (χ0n) is 19.7. The van der Waals surface area contributed by atoms with Crippen molar-refractivity contribution in [3.63, 3.8) is 0 Å². The molecule has 0 aliphatic heterocycles. The second-order valence-electron chi connectivity index (χ2n) is 8.34. The van der Waals surface area contributed by atoms with Crippen LogP contribution in [0.5, 0.6) is 0 Å². The Kier molecular flexibility index (Phi) is 7.12. The summed E-state index contributed by atoms with van der Waals surface area (Å²) >= 11 is -5.20. The summed E-state index contributed by atoms with van der Waals surface area (Å²) in [5.41, 5.74) is 2.37. The summed E-state index contributed by atoms with van der Waals surface area (Å²) in [7, 11) is 0. The first-order valence-electron chi connectivity index (χ1n) is 11.7. The second-order valence-corrected chi connectivity index (χ2v) is 12.1. The fraction of sp³-hybridized carbons (Fsp3) is 0.0333. The van der Waals surface area contributed by atoms with Gasteiger partial charge in [-0.05, 0) is 0 Å².